The van der Waals surface area contributed by atoms with E-state index in [-0.39, 0.29) is 6.04 Å². The smallest absolute Gasteiger partial charge is 0.142 e. The summed E-state index contributed by atoms with van der Waals surface area (Å²) in [5.41, 5.74) is 2.18. The molecule has 1 aromatic heterocycles. The Kier molecular flexibility index (Phi) is 4.66. The Morgan fingerprint density at radius 1 is 1.25 bits per heavy atom. The van der Waals surface area contributed by atoms with E-state index in [0.29, 0.717) is 5.92 Å². The van der Waals surface area contributed by atoms with Crippen LogP contribution in [0.5, 0.6) is 5.75 Å². The zero-order valence-electron chi connectivity index (χ0n) is 12.6. The molecule has 0 amide bonds. The summed E-state index contributed by atoms with van der Waals surface area (Å²) in [6.07, 6.45) is 3.91. The van der Waals surface area contributed by atoms with Crippen LogP contribution < -0.4 is 10.1 Å². The van der Waals surface area contributed by atoms with E-state index in [1.807, 2.05) is 48.4 Å². The van der Waals surface area contributed by atoms with E-state index in [2.05, 4.69) is 31.2 Å². The molecule has 108 valence electrons. The Morgan fingerprint density at radius 3 is 2.65 bits per heavy atom. The van der Waals surface area contributed by atoms with Crippen LogP contribution in [0.25, 0.3) is 0 Å². The normalized spacial score (nSPS) is 12.4. The average Bonchev–Trinajstić information content (AvgIpc) is 2.84. The van der Waals surface area contributed by atoms with Gasteiger partial charge in [-0.25, -0.2) is 0 Å². The second kappa shape index (κ2) is 6.46. The molecular formula is C16H23N3O. The zero-order chi connectivity index (χ0) is 14.5. The van der Waals surface area contributed by atoms with Crippen molar-refractivity contribution in [1.82, 2.24) is 9.78 Å². The van der Waals surface area contributed by atoms with Gasteiger partial charge in [-0.1, -0.05) is 26.0 Å². The van der Waals surface area contributed by atoms with Gasteiger partial charge in [0.05, 0.1) is 24.5 Å². The van der Waals surface area contributed by atoms with Gasteiger partial charge in [0.15, 0.2) is 0 Å². The minimum absolute atomic E-state index is 0.187. The number of nitrogens with one attached hydrogen (secondary N) is 1. The van der Waals surface area contributed by atoms with Crippen LogP contribution in [0.2, 0.25) is 0 Å². The van der Waals surface area contributed by atoms with E-state index in [0.717, 1.165) is 23.6 Å². The number of aryl methyl sites for hydroxylation is 1. The maximum atomic E-state index is 5.86. The Hall–Kier alpha value is -1.97. The molecule has 0 radical (unpaired) electrons. The molecule has 1 atom stereocenters. The highest BCUT2D eigenvalue weighted by Crippen LogP contribution is 2.28. The van der Waals surface area contributed by atoms with Gasteiger partial charge in [0.25, 0.3) is 0 Å². The van der Waals surface area contributed by atoms with Crippen molar-refractivity contribution in [3.05, 3.63) is 42.2 Å². The summed E-state index contributed by atoms with van der Waals surface area (Å²) in [6, 6.07) is 8.24. The summed E-state index contributed by atoms with van der Waals surface area (Å²) in [5.74, 6) is 1.41. The van der Waals surface area contributed by atoms with Crippen molar-refractivity contribution < 1.29 is 4.74 Å². The minimum Gasteiger partial charge on any atom is -0.491 e. The van der Waals surface area contributed by atoms with Crippen molar-refractivity contribution in [3.8, 4) is 5.75 Å². The van der Waals surface area contributed by atoms with Crippen LogP contribution >= 0.6 is 0 Å². The van der Waals surface area contributed by atoms with E-state index in [4.69, 9.17) is 4.74 Å². The van der Waals surface area contributed by atoms with E-state index >= 15 is 0 Å². The molecule has 0 bridgehead atoms. The number of hydrogen-bond donors (Lipinski definition) is 1. The van der Waals surface area contributed by atoms with Gasteiger partial charge in [0.2, 0.25) is 0 Å². The molecule has 2 rings (SSSR count). The fraction of sp³-hybridized carbons (Fsp3) is 0.438. The highest BCUT2D eigenvalue weighted by Gasteiger charge is 2.10. The predicted octanol–water partition coefficient (Wildman–Crippen LogP) is 3.63. The predicted molar refractivity (Wildman–Crippen MR) is 82.0 cm³/mol. The molecule has 0 aliphatic heterocycles. The van der Waals surface area contributed by atoms with Gasteiger partial charge in [-0.15, -0.1) is 0 Å². The summed E-state index contributed by atoms with van der Waals surface area (Å²) in [5, 5.41) is 7.69. The number of nitrogens with zero attached hydrogens (tertiary/aromatic N) is 2. The molecular weight excluding hydrogens is 250 g/mol. The lowest BCUT2D eigenvalue weighted by molar-refractivity contribution is 0.272. The first-order chi connectivity index (χ1) is 9.56. The highest BCUT2D eigenvalue weighted by molar-refractivity contribution is 5.57. The molecule has 0 aliphatic rings. The van der Waals surface area contributed by atoms with Crippen LogP contribution in [0, 0.1) is 5.92 Å². The topological polar surface area (TPSA) is 39.1 Å². The van der Waals surface area contributed by atoms with E-state index in [1.165, 1.54) is 0 Å². The average molecular weight is 273 g/mol. The first kappa shape index (κ1) is 14.4. The van der Waals surface area contributed by atoms with Gasteiger partial charge >= 0.3 is 0 Å². The number of ether oxygens (including phenoxy) is 1. The Bertz CT molecular complexity index is 548. The Morgan fingerprint density at radius 2 is 2.00 bits per heavy atom. The molecule has 1 N–H and O–H groups in total. The third-order valence-electron chi connectivity index (χ3n) is 3.06. The summed E-state index contributed by atoms with van der Waals surface area (Å²) >= 11 is 0. The van der Waals surface area contributed by atoms with Crippen LogP contribution in [-0.4, -0.2) is 16.4 Å². The lowest BCUT2D eigenvalue weighted by atomic mass is 10.1. The number of rotatable bonds is 6. The fourth-order valence-corrected chi connectivity index (χ4v) is 1.95. The van der Waals surface area contributed by atoms with Gasteiger partial charge in [-0.05, 0) is 25.0 Å². The first-order valence-corrected chi connectivity index (χ1v) is 7.03. The molecule has 0 saturated carbocycles. The molecule has 1 heterocycles. The van der Waals surface area contributed by atoms with Crippen LogP contribution in [0.1, 0.15) is 32.4 Å². The van der Waals surface area contributed by atoms with Crippen molar-refractivity contribution in [2.75, 3.05) is 11.9 Å². The molecule has 1 aromatic carbocycles. The SMILES string of the molecule is CC(C)COc1ccccc1NC(C)c1cnn(C)c1. The number of aromatic nitrogens is 2. The second-order valence-electron chi connectivity index (χ2n) is 5.51. The van der Waals surface area contributed by atoms with Crippen molar-refractivity contribution in [2.24, 2.45) is 13.0 Å². The summed E-state index contributed by atoms with van der Waals surface area (Å²) in [6.45, 7) is 7.14. The maximum Gasteiger partial charge on any atom is 0.142 e. The number of anilines is 1. The van der Waals surface area contributed by atoms with E-state index < -0.39 is 0 Å². The van der Waals surface area contributed by atoms with Gasteiger partial charge in [0.1, 0.15) is 5.75 Å². The van der Waals surface area contributed by atoms with E-state index in [9.17, 15) is 0 Å². The van der Waals surface area contributed by atoms with Gasteiger partial charge < -0.3 is 10.1 Å². The molecule has 2 aromatic rings. The van der Waals surface area contributed by atoms with Gasteiger partial charge in [-0.3, -0.25) is 4.68 Å². The van der Waals surface area contributed by atoms with Crippen molar-refractivity contribution in [1.29, 1.82) is 0 Å². The second-order valence-corrected chi connectivity index (χ2v) is 5.51. The number of benzene rings is 1. The molecule has 4 heteroatoms. The third-order valence-corrected chi connectivity index (χ3v) is 3.06. The summed E-state index contributed by atoms with van der Waals surface area (Å²) in [4.78, 5) is 0. The molecule has 0 aliphatic carbocycles. The van der Waals surface area contributed by atoms with E-state index in [1.54, 1.807) is 0 Å². The quantitative estimate of drug-likeness (QED) is 0.873. The minimum atomic E-state index is 0.187. The Balaban J connectivity index is 2.08. The van der Waals surface area contributed by atoms with Crippen molar-refractivity contribution in [3.63, 3.8) is 0 Å². The van der Waals surface area contributed by atoms with Crippen LogP contribution in [0.15, 0.2) is 36.7 Å². The van der Waals surface area contributed by atoms with Gasteiger partial charge in [0, 0.05) is 18.8 Å². The molecule has 4 nitrogen and oxygen atoms in total. The number of hydrogen-bond acceptors (Lipinski definition) is 3. The van der Waals surface area contributed by atoms with Crippen LogP contribution in [0.3, 0.4) is 0 Å². The third kappa shape index (κ3) is 3.76. The molecule has 0 fully saturated rings. The largest absolute Gasteiger partial charge is 0.491 e. The number of para-hydroxylation sites is 2. The molecule has 0 saturated heterocycles. The monoisotopic (exact) mass is 273 g/mol. The molecule has 0 spiro atoms. The highest BCUT2D eigenvalue weighted by atomic mass is 16.5. The van der Waals surface area contributed by atoms with Crippen LogP contribution in [0.4, 0.5) is 5.69 Å². The first-order valence-electron chi connectivity index (χ1n) is 7.03. The standard InChI is InChI=1S/C16H23N3O/c1-12(2)11-20-16-8-6-5-7-15(16)18-13(3)14-9-17-19(4)10-14/h5-10,12-13,18H,11H2,1-4H3. The summed E-state index contributed by atoms with van der Waals surface area (Å²) < 4.78 is 7.67. The summed E-state index contributed by atoms with van der Waals surface area (Å²) in [7, 11) is 1.93. The maximum absolute atomic E-state index is 5.86. The molecule has 20 heavy (non-hydrogen) atoms. The van der Waals surface area contributed by atoms with Gasteiger partial charge in [-0.2, -0.15) is 5.10 Å². The lowest BCUT2D eigenvalue weighted by Crippen LogP contribution is -2.10. The van der Waals surface area contributed by atoms with Crippen molar-refractivity contribution >= 4 is 5.69 Å². The fourth-order valence-electron chi connectivity index (χ4n) is 1.95. The Labute approximate surface area is 120 Å². The lowest BCUT2D eigenvalue weighted by Gasteiger charge is -2.18. The van der Waals surface area contributed by atoms with Crippen molar-refractivity contribution in [2.45, 2.75) is 26.8 Å². The molecule has 1 unspecified atom stereocenters. The van der Waals surface area contributed by atoms with Crippen LogP contribution in [-0.2, 0) is 7.05 Å². The zero-order valence-corrected chi connectivity index (χ0v) is 12.6.